The summed E-state index contributed by atoms with van der Waals surface area (Å²) in [6.45, 7) is 6.26. The van der Waals surface area contributed by atoms with Gasteiger partial charge in [-0.2, -0.15) is 10.5 Å². The van der Waals surface area contributed by atoms with E-state index in [2.05, 4.69) is 27.3 Å². The minimum atomic E-state index is -0.500. The molecule has 176 valence electrons. The zero-order valence-electron chi connectivity index (χ0n) is 19.7. The first kappa shape index (κ1) is 25.6. The number of hydrogen-bond acceptors (Lipinski definition) is 5. The number of nitriles is 2. The highest BCUT2D eigenvalue weighted by Gasteiger charge is 2.15. The minimum Gasteiger partial charge on any atom is -0.490 e. The number of nitrogens with one attached hydrogen (secondary N) is 1. The molecule has 3 aromatic rings. The second-order valence-electron chi connectivity index (χ2n) is 7.75. The highest BCUT2D eigenvalue weighted by molar-refractivity contribution is 9.10. The van der Waals surface area contributed by atoms with Crippen LogP contribution < -0.4 is 14.8 Å². The molecular weight excluding hydrogens is 506 g/mol. The summed E-state index contributed by atoms with van der Waals surface area (Å²) in [5.41, 5.74) is 4.40. The van der Waals surface area contributed by atoms with Crippen molar-refractivity contribution >= 4 is 33.6 Å². The number of ether oxygens (including phenoxy) is 2. The third kappa shape index (κ3) is 6.50. The highest BCUT2D eigenvalue weighted by Crippen LogP contribution is 2.35. The monoisotopic (exact) mass is 529 g/mol. The molecule has 6 nitrogen and oxygen atoms in total. The molecule has 0 unspecified atom stereocenters. The molecule has 0 bridgehead atoms. The van der Waals surface area contributed by atoms with E-state index in [9.17, 15) is 15.3 Å². The fraction of sp³-hybridized carbons (Fsp3) is 0.179. The molecular formula is C28H24BrN3O3. The number of carbonyl (C=O) groups is 1. The van der Waals surface area contributed by atoms with Crippen LogP contribution in [-0.2, 0) is 11.4 Å². The molecule has 0 radical (unpaired) electrons. The maximum Gasteiger partial charge on any atom is 0.266 e. The lowest BCUT2D eigenvalue weighted by Gasteiger charge is -2.15. The average molecular weight is 530 g/mol. The first-order chi connectivity index (χ1) is 16.9. The van der Waals surface area contributed by atoms with E-state index < -0.39 is 5.91 Å². The highest BCUT2D eigenvalue weighted by atomic mass is 79.9. The van der Waals surface area contributed by atoms with Crippen LogP contribution in [0.4, 0.5) is 5.69 Å². The van der Waals surface area contributed by atoms with Crippen molar-refractivity contribution in [3.63, 3.8) is 0 Å². The van der Waals surface area contributed by atoms with Gasteiger partial charge in [0.1, 0.15) is 18.2 Å². The largest absolute Gasteiger partial charge is 0.490 e. The van der Waals surface area contributed by atoms with Crippen LogP contribution in [0.3, 0.4) is 0 Å². The lowest BCUT2D eigenvalue weighted by Crippen LogP contribution is -2.14. The molecule has 0 saturated carbocycles. The van der Waals surface area contributed by atoms with Gasteiger partial charge in [0.2, 0.25) is 0 Å². The fourth-order valence-corrected chi connectivity index (χ4v) is 3.75. The van der Waals surface area contributed by atoms with Crippen molar-refractivity contribution in [2.45, 2.75) is 27.4 Å². The lowest BCUT2D eigenvalue weighted by molar-refractivity contribution is -0.112. The van der Waals surface area contributed by atoms with Crippen LogP contribution in [0.25, 0.3) is 6.08 Å². The summed E-state index contributed by atoms with van der Waals surface area (Å²) in [6.07, 6.45) is 1.50. The van der Waals surface area contributed by atoms with E-state index in [1.54, 1.807) is 24.3 Å². The Morgan fingerprint density at radius 3 is 2.51 bits per heavy atom. The molecule has 0 saturated heterocycles. The predicted octanol–water partition coefficient (Wildman–Crippen LogP) is 6.46. The van der Waals surface area contributed by atoms with E-state index >= 15 is 0 Å². The third-order valence-electron chi connectivity index (χ3n) is 5.19. The topological polar surface area (TPSA) is 95.1 Å². The van der Waals surface area contributed by atoms with Crippen molar-refractivity contribution in [3.8, 4) is 23.6 Å². The molecule has 1 amide bonds. The molecule has 0 heterocycles. The molecule has 0 fully saturated rings. The maximum atomic E-state index is 12.8. The van der Waals surface area contributed by atoms with E-state index in [0.29, 0.717) is 39.4 Å². The van der Waals surface area contributed by atoms with Gasteiger partial charge in [-0.3, -0.25) is 4.79 Å². The van der Waals surface area contributed by atoms with Gasteiger partial charge in [0.25, 0.3) is 5.91 Å². The molecule has 3 rings (SSSR count). The molecule has 7 heteroatoms. The Hall–Kier alpha value is -4.07. The standard InChI is InChI=1S/C28H24BrN3O3/c1-4-34-26-13-22(12-23(16-31)28(33)32-25-11-18(2)9-10-19(25)3)24(29)14-27(26)35-17-21-8-6-5-7-20(21)15-30/h5-14H,4,17H2,1-3H3,(H,32,33)/b23-12+. The summed E-state index contributed by atoms with van der Waals surface area (Å²) < 4.78 is 12.3. The van der Waals surface area contributed by atoms with Crippen molar-refractivity contribution < 1.29 is 14.3 Å². The summed E-state index contributed by atoms with van der Waals surface area (Å²) in [5.74, 6) is 0.435. The minimum absolute atomic E-state index is 0.0503. The second-order valence-corrected chi connectivity index (χ2v) is 8.61. The van der Waals surface area contributed by atoms with Crippen LogP contribution in [0.1, 0.15) is 34.7 Å². The number of anilines is 1. The van der Waals surface area contributed by atoms with Crippen LogP contribution in [0, 0.1) is 36.5 Å². The van der Waals surface area contributed by atoms with E-state index in [4.69, 9.17) is 9.47 Å². The summed E-state index contributed by atoms with van der Waals surface area (Å²) in [4.78, 5) is 12.8. The molecule has 0 aliphatic rings. The van der Waals surface area contributed by atoms with Gasteiger partial charge in [0, 0.05) is 15.7 Å². The normalized spacial score (nSPS) is 10.7. The number of rotatable bonds is 8. The van der Waals surface area contributed by atoms with Gasteiger partial charge in [-0.15, -0.1) is 0 Å². The first-order valence-corrected chi connectivity index (χ1v) is 11.7. The second kappa shape index (κ2) is 11.9. The summed E-state index contributed by atoms with van der Waals surface area (Å²) in [7, 11) is 0. The van der Waals surface area contributed by atoms with Crippen molar-refractivity contribution in [3.05, 3.63) is 92.5 Å². The molecule has 0 spiro atoms. The Bertz CT molecular complexity index is 1370. The molecule has 0 aliphatic carbocycles. The van der Waals surface area contributed by atoms with Gasteiger partial charge in [0.05, 0.1) is 18.2 Å². The quantitative estimate of drug-likeness (QED) is 0.266. The van der Waals surface area contributed by atoms with E-state index in [1.807, 2.05) is 57.2 Å². The SMILES string of the molecule is CCOc1cc(/C=C(\C#N)C(=O)Nc2cc(C)ccc2C)c(Br)cc1OCc1ccccc1C#N. The number of nitrogens with zero attached hydrogens (tertiary/aromatic N) is 2. The third-order valence-corrected chi connectivity index (χ3v) is 5.88. The van der Waals surface area contributed by atoms with Crippen LogP contribution >= 0.6 is 15.9 Å². The summed E-state index contributed by atoms with van der Waals surface area (Å²) in [6, 6.07) is 20.5. The smallest absolute Gasteiger partial charge is 0.266 e. The van der Waals surface area contributed by atoms with Gasteiger partial charge in [-0.1, -0.05) is 46.3 Å². The number of halogens is 1. The molecule has 3 aromatic carbocycles. The van der Waals surface area contributed by atoms with E-state index in [1.165, 1.54) is 6.08 Å². The number of hydrogen-bond donors (Lipinski definition) is 1. The Labute approximate surface area is 213 Å². The van der Waals surface area contributed by atoms with Gasteiger partial charge in [-0.25, -0.2) is 0 Å². The molecule has 35 heavy (non-hydrogen) atoms. The van der Waals surface area contributed by atoms with E-state index in [0.717, 1.165) is 16.7 Å². The Morgan fingerprint density at radius 2 is 1.80 bits per heavy atom. The van der Waals surface area contributed by atoms with Crippen molar-refractivity contribution in [1.82, 2.24) is 0 Å². The van der Waals surface area contributed by atoms with Gasteiger partial charge < -0.3 is 14.8 Å². The maximum absolute atomic E-state index is 12.8. The van der Waals surface area contributed by atoms with Gasteiger partial charge in [0.15, 0.2) is 11.5 Å². The van der Waals surface area contributed by atoms with Gasteiger partial charge in [-0.05, 0) is 67.8 Å². The number of aryl methyl sites for hydroxylation is 2. The van der Waals surface area contributed by atoms with E-state index in [-0.39, 0.29) is 12.2 Å². The van der Waals surface area contributed by atoms with Crippen LogP contribution in [-0.4, -0.2) is 12.5 Å². The van der Waals surface area contributed by atoms with Crippen molar-refractivity contribution in [1.29, 1.82) is 10.5 Å². The Morgan fingerprint density at radius 1 is 1.06 bits per heavy atom. The Kier molecular flexibility index (Phi) is 8.67. The summed E-state index contributed by atoms with van der Waals surface area (Å²) >= 11 is 3.51. The molecule has 0 aromatic heterocycles. The first-order valence-electron chi connectivity index (χ1n) is 10.9. The zero-order chi connectivity index (χ0) is 25.4. The van der Waals surface area contributed by atoms with Crippen molar-refractivity contribution in [2.75, 3.05) is 11.9 Å². The number of carbonyl (C=O) groups excluding carboxylic acids is 1. The number of amides is 1. The van der Waals surface area contributed by atoms with Crippen LogP contribution in [0.2, 0.25) is 0 Å². The van der Waals surface area contributed by atoms with Crippen LogP contribution in [0.15, 0.2) is 64.6 Å². The molecule has 1 N–H and O–H groups in total. The molecule has 0 atom stereocenters. The Balaban J connectivity index is 1.88. The zero-order valence-corrected chi connectivity index (χ0v) is 21.3. The van der Waals surface area contributed by atoms with Gasteiger partial charge >= 0.3 is 0 Å². The van der Waals surface area contributed by atoms with Crippen molar-refractivity contribution in [2.24, 2.45) is 0 Å². The fourth-order valence-electron chi connectivity index (χ4n) is 3.32. The summed E-state index contributed by atoms with van der Waals surface area (Å²) in [5, 5.41) is 21.8. The van der Waals surface area contributed by atoms with Crippen LogP contribution in [0.5, 0.6) is 11.5 Å². The molecule has 0 aliphatic heterocycles. The predicted molar refractivity (Wildman–Crippen MR) is 139 cm³/mol. The lowest BCUT2D eigenvalue weighted by atomic mass is 10.1. The average Bonchev–Trinajstić information content (AvgIpc) is 2.85. The number of benzene rings is 3.